The van der Waals surface area contributed by atoms with Gasteiger partial charge >= 0.3 is 0 Å². The van der Waals surface area contributed by atoms with E-state index in [1.165, 1.54) is 0 Å². The predicted octanol–water partition coefficient (Wildman–Crippen LogP) is 1.02. The molecule has 0 spiro atoms. The number of rotatable bonds is 1. The van der Waals surface area contributed by atoms with Gasteiger partial charge in [0.15, 0.2) is 5.65 Å². The molecule has 0 saturated heterocycles. The summed E-state index contributed by atoms with van der Waals surface area (Å²) < 4.78 is 1.83. The molecule has 0 bridgehead atoms. The Bertz CT molecular complexity index is 433. The molecule has 0 aliphatic rings. The molecule has 0 aromatic carbocycles. The molecule has 0 saturated carbocycles. The summed E-state index contributed by atoms with van der Waals surface area (Å²) in [5, 5.41) is 9.45. The smallest absolute Gasteiger partial charge is 0.159 e. The molecule has 2 aromatic rings. The van der Waals surface area contributed by atoms with Crippen molar-refractivity contribution in [2.24, 2.45) is 7.05 Å². The van der Waals surface area contributed by atoms with Gasteiger partial charge in [-0.25, -0.2) is 9.97 Å². The van der Waals surface area contributed by atoms with E-state index in [4.69, 9.17) is 0 Å². The number of pyridine rings is 1. The first-order valence-electron chi connectivity index (χ1n) is 4.14. The molecular weight excluding hydrogens is 166 g/mol. The van der Waals surface area contributed by atoms with Crippen LogP contribution in [0.4, 0.5) is 0 Å². The molecule has 68 valence electrons. The second kappa shape index (κ2) is 2.81. The number of aliphatic hydroxyl groups is 1. The van der Waals surface area contributed by atoms with E-state index < -0.39 is 6.10 Å². The van der Waals surface area contributed by atoms with Gasteiger partial charge in [0.25, 0.3) is 0 Å². The van der Waals surface area contributed by atoms with E-state index in [0.717, 1.165) is 16.7 Å². The van der Waals surface area contributed by atoms with E-state index in [9.17, 15) is 5.11 Å². The molecule has 0 aliphatic heterocycles. The van der Waals surface area contributed by atoms with Crippen LogP contribution in [-0.2, 0) is 7.05 Å². The first-order chi connectivity index (χ1) is 6.20. The highest BCUT2D eigenvalue weighted by Gasteiger charge is 2.09. The van der Waals surface area contributed by atoms with Crippen molar-refractivity contribution in [1.29, 1.82) is 0 Å². The zero-order valence-corrected chi connectivity index (χ0v) is 7.60. The molecule has 2 rings (SSSR count). The summed E-state index contributed by atoms with van der Waals surface area (Å²) in [7, 11) is 1.88. The third-order valence-corrected chi connectivity index (χ3v) is 2.08. The second-order valence-electron chi connectivity index (χ2n) is 3.10. The lowest BCUT2D eigenvalue weighted by Crippen LogP contribution is -1.94. The van der Waals surface area contributed by atoms with Gasteiger partial charge in [-0.1, -0.05) is 0 Å². The number of hydrogen-bond donors (Lipinski definition) is 1. The number of nitrogens with zero attached hydrogens (tertiary/aromatic N) is 3. The Kier molecular flexibility index (Phi) is 1.77. The average molecular weight is 177 g/mol. The molecule has 0 amide bonds. The Morgan fingerprint density at radius 3 is 2.92 bits per heavy atom. The first-order valence-corrected chi connectivity index (χ1v) is 4.14. The molecule has 1 unspecified atom stereocenters. The van der Waals surface area contributed by atoms with E-state index in [1.807, 2.05) is 11.6 Å². The highest BCUT2D eigenvalue weighted by atomic mass is 16.3. The third-order valence-electron chi connectivity index (χ3n) is 2.08. The molecule has 4 heteroatoms. The molecule has 4 nitrogen and oxygen atoms in total. The van der Waals surface area contributed by atoms with Gasteiger partial charge < -0.3 is 9.67 Å². The van der Waals surface area contributed by atoms with Crippen molar-refractivity contribution in [2.45, 2.75) is 13.0 Å². The van der Waals surface area contributed by atoms with Crippen LogP contribution in [0.3, 0.4) is 0 Å². The molecule has 1 atom stereocenters. The van der Waals surface area contributed by atoms with Crippen LogP contribution in [-0.4, -0.2) is 19.6 Å². The van der Waals surface area contributed by atoms with E-state index in [1.54, 1.807) is 25.5 Å². The summed E-state index contributed by atoms with van der Waals surface area (Å²) >= 11 is 0. The molecule has 13 heavy (non-hydrogen) atoms. The maximum Gasteiger partial charge on any atom is 0.159 e. The van der Waals surface area contributed by atoms with Crippen molar-refractivity contribution in [1.82, 2.24) is 14.5 Å². The Morgan fingerprint density at radius 1 is 1.46 bits per heavy atom. The van der Waals surface area contributed by atoms with Gasteiger partial charge in [0.1, 0.15) is 5.52 Å². The zero-order chi connectivity index (χ0) is 9.42. The molecule has 1 N–H and O–H groups in total. The first kappa shape index (κ1) is 8.19. The topological polar surface area (TPSA) is 50.9 Å². The van der Waals surface area contributed by atoms with E-state index in [-0.39, 0.29) is 0 Å². The van der Waals surface area contributed by atoms with Gasteiger partial charge in [0.05, 0.1) is 12.4 Å². The van der Waals surface area contributed by atoms with Crippen LogP contribution >= 0.6 is 0 Å². The SMILES string of the molecule is CC(O)c1ccnc2c1ncn2C. The van der Waals surface area contributed by atoms with Crippen LogP contribution in [0.1, 0.15) is 18.6 Å². The minimum atomic E-state index is -0.500. The van der Waals surface area contributed by atoms with Crippen LogP contribution in [0.25, 0.3) is 11.2 Å². The second-order valence-corrected chi connectivity index (χ2v) is 3.10. The fourth-order valence-electron chi connectivity index (χ4n) is 1.38. The summed E-state index contributed by atoms with van der Waals surface area (Å²) in [6.07, 6.45) is 2.88. The monoisotopic (exact) mass is 177 g/mol. The van der Waals surface area contributed by atoms with Crippen molar-refractivity contribution in [3.8, 4) is 0 Å². The molecular formula is C9H11N3O. The van der Waals surface area contributed by atoms with Crippen LogP contribution in [0.15, 0.2) is 18.6 Å². The minimum Gasteiger partial charge on any atom is -0.389 e. The summed E-state index contributed by atoms with van der Waals surface area (Å²) in [4.78, 5) is 8.35. The molecule has 2 heterocycles. The number of aromatic nitrogens is 3. The van der Waals surface area contributed by atoms with E-state index in [0.29, 0.717) is 0 Å². The van der Waals surface area contributed by atoms with Crippen LogP contribution in [0.2, 0.25) is 0 Å². The predicted molar refractivity (Wildman–Crippen MR) is 49.1 cm³/mol. The highest BCUT2D eigenvalue weighted by Crippen LogP contribution is 2.20. The standard InChI is InChI=1S/C9H11N3O/c1-6(13)7-3-4-10-9-8(7)11-5-12(9)2/h3-6,13H,1-2H3. The molecule has 2 aromatic heterocycles. The highest BCUT2D eigenvalue weighted by molar-refractivity contribution is 5.74. The lowest BCUT2D eigenvalue weighted by atomic mass is 10.1. The lowest BCUT2D eigenvalue weighted by molar-refractivity contribution is 0.200. The summed E-state index contributed by atoms with van der Waals surface area (Å²) in [6, 6.07) is 1.79. The lowest BCUT2D eigenvalue weighted by Gasteiger charge is -2.04. The fraction of sp³-hybridized carbons (Fsp3) is 0.333. The van der Waals surface area contributed by atoms with Crippen molar-refractivity contribution < 1.29 is 5.11 Å². The van der Waals surface area contributed by atoms with Gasteiger partial charge in [0, 0.05) is 18.8 Å². The number of aryl methyl sites for hydroxylation is 1. The van der Waals surface area contributed by atoms with Crippen molar-refractivity contribution in [3.63, 3.8) is 0 Å². The summed E-state index contributed by atoms with van der Waals surface area (Å²) in [5.41, 5.74) is 2.41. The quantitative estimate of drug-likeness (QED) is 0.707. The van der Waals surface area contributed by atoms with Crippen LogP contribution in [0.5, 0.6) is 0 Å². The van der Waals surface area contributed by atoms with Crippen LogP contribution < -0.4 is 0 Å². The minimum absolute atomic E-state index is 0.500. The van der Waals surface area contributed by atoms with Crippen molar-refractivity contribution >= 4 is 11.2 Å². The number of aliphatic hydroxyl groups excluding tert-OH is 1. The van der Waals surface area contributed by atoms with Gasteiger partial charge in [-0.05, 0) is 13.0 Å². The average Bonchev–Trinajstić information content (AvgIpc) is 2.48. The normalized spacial score (nSPS) is 13.5. The van der Waals surface area contributed by atoms with Gasteiger partial charge in [-0.15, -0.1) is 0 Å². The molecule has 0 fully saturated rings. The fourth-order valence-corrected chi connectivity index (χ4v) is 1.38. The van der Waals surface area contributed by atoms with Crippen molar-refractivity contribution in [3.05, 3.63) is 24.2 Å². The number of imidazole rings is 1. The Balaban J connectivity index is 2.77. The zero-order valence-electron chi connectivity index (χ0n) is 7.60. The van der Waals surface area contributed by atoms with E-state index >= 15 is 0 Å². The molecule has 0 aliphatic carbocycles. The van der Waals surface area contributed by atoms with Gasteiger partial charge in [-0.2, -0.15) is 0 Å². The maximum atomic E-state index is 9.45. The Hall–Kier alpha value is -1.42. The largest absolute Gasteiger partial charge is 0.389 e. The van der Waals surface area contributed by atoms with Crippen molar-refractivity contribution in [2.75, 3.05) is 0 Å². The number of fused-ring (bicyclic) bond motifs is 1. The third kappa shape index (κ3) is 1.19. The van der Waals surface area contributed by atoms with Gasteiger partial charge in [0.2, 0.25) is 0 Å². The number of hydrogen-bond acceptors (Lipinski definition) is 3. The Labute approximate surface area is 75.9 Å². The molecule has 0 radical (unpaired) electrons. The maximum absolute atomic E-state index is 9.45. The van der Waals surface area contributed by atoms with Crippen LogP contribution in [0, 0.1) is 0 Å². The summed E-state index contributed by atoms with van der Waals surface area (Å²) in [5.74, 6) is 0. The van der Waals surface area contributed by atoms with E-state index in [2.05, 4.69) is 9.97 Å². The van der Waals surface area contributed by atoms with Gasteiger partial charge in [-0.3, -0.25) is 0 Å². The summed E-state index contributed by atoms with van der Waals surface area (Å²) in [6.45, 7) is 1.73. The Morgan fingerprint density at radius 2 is 2.23 bits per heavy atom.